The standard InChI is InChI=1S/C13H16Br2N2O2/c1-19-12-7-11(9(14)6-10(12)15)17-13(18)16-8-4-2-3-5-8/h6-8H,2-5H2,1H3,(H2,16,17,18). The highest BCUT2D eigenvalue weighted by molar-refractivity contribution is 9.11. The van der Waals surface area contributed by atoms with Crippen LogP contribution in [0.4, 0.5) is 10.5 Å². The molecule has 19 heavy (non-hydrogen) atoms. The highest BCUT2D eigenvalue weighted by Gasteiger charge is 2.17. The highest BCUT2D eigenvalue weighted by atomic mass is 79.9. The monoisotopic (exact) mass is 390 g/mol. The molecule has 0 heterocycles. The number of nitrogens with one attached hydrogen (secondary N) is 2. The molecule has 0 bridgehead atoms. The summed E-state index contributed by atoms with van der Waals surface area (Å²) >= 11 is 6.82. The summed E-state index contributed by atoms with van der Waals surface area (Å²) in [5.41, 5.74) is 0.690. The van der Waals surface area contributed by atoms with E-state index in [0.717, 1.165) is 21.8 Å². The van der Waals surface area contributed by atoms with E-state index in [4.69, 9.17) is 4.74 Å². The average Bonchev–Trinajstić information content (AvgIpc) is 2.85. The van der Waals surface area contributed by atoms with Crippen molar-refractivity contribution in [1.82, 2.24) is 5.32 Å². The van der Waals surface area contributed by atoms with Gasteiger partial charge in [-0.2, -0.15) is 0 Å². The van der Waals surface area contributed by atoms with Gasteiger partial charge >= 0.3 is 6.03 Å². The van der Waals surface area contributed by atoms with Crippen LogP contribution in [0.2, 0.25) is 0 Å². The smallest absolute Gasteiger partial charge is 0.319 e. The first-order chi connectivity index (χ1) is 9.10. The Labute approximate surface area is 129 Å². The van der Waals surface area contributed by atoms with Gasteiger partial charge in [0, 0.05) is 16.6 Å². The normalized spacial score (nSPS) is 15.3. The van der Waals surface area contributed by atoms with E-state index >= 15 is 0 Å². The van der Waals surface area contributed by atoms with Gasteiger partial charge in [0.1, 0.15) is 5.75 Å². The van der Waals surface area contributed by atoms with Gasteiger partial charge in [0.2, 0.25) is 0 Å². The molecular formula is C13H16Br2N2O2. The van der Waals surface area contributed by atoms with Crippen LogP contribution in [0.15, 0.2) is 21.1 Å². The average molecular weight is 392 g/mol. The van der Waals surface area contributed by atoms with Gasteiger partial charge < -0.3 is 15.4 Å². The molecule has 0 radical (unpaired) electrons. The first-order valence-corrected chi connectivity index (χ1v) is 7.79. The van der Waals surface area contributed by atoms with Crippen molar-refractivity contribution in [2.45, 2.75) is 31.7 Å². The van der Waals surface area contributed by atoms with Crippen molar-refractivity contribution in [3.63, 3.8) is 0 Å². The number of hydrogen-bond acceptors (Lipinski definition) is 2. The number of urea groups is 1. The molecule has 4 nitrogen and oxygen atoms in total. The number of rotatable bonds is 3. The lowest BCUT2D eigenvalue weighted by Gasteiger charge is -2.15. The molecular weight excluding hydrogens is 376 g/mol. The molecule has 6 heteroatoms. The predicted molar refractivity (Wildman–Crippen MR) is 82.8 cm³/mol. The number of amides is 2. The second-order valence-corrected chi connectivity index (χ2v) is 6.26. The predicted octanol–water partition coefficient (Wildman–Crippen LogP) is 4.28. The lowest BCUT2D eigenvalue weighted by atomic mass is 10.2. The van der Waals surface area contributed by atoms with Crippen LogP contribution in [0.3, 0.4) is 0 Å². The Bertz CT molecular complexity index is 474. The van der Waals surface area contributed by atoms with Gasteiger partial charge in [-0.3, -0.25) is 0 Å². The zero-order chi connectivity index (χ0) is 13.8. The molecule has 0 unspecified atom stereocenters. The minimum atomic E-state index is -0.169. The lowest BCUT2D eigenvalue weighted by molar-refractivity contribution is 0.248. The summed E-state index contributed by atoms with van der Waals surface area (Å²) in [6, 6.07) is 3.76. The van der Waals surface area contributed by atoms with Crippen LogP contribution in [0, 0.1) is 0 Å². The van der Waals surface area contributed by atoms with E-state index < -0.39 is 0 Å². The zero-order valence-corrected chi connectivity index (χ0v) is 13.8. The number of carbonyl (C=O) groups excluding carboxylic acids is 1. The van der Waals surface area contributed by atoms with Gasteiger partial charge in [0.25, 0.3) is 0 Å². The molecule has 2 N–H and O–H groups in total. The maximum atomic E-state index is 11.9. The molecule has 1 aliphatic rings. The molecule has 0 spiro atoms. The largest absolute Gasteiger partial charge is 0.495 e. The number of methoxy groups -OCH3 is 1. The summed E-state index contributed by atoms with van der Waals surface area (Å²) in [5.74, 6) is 0.680. The van der Waals surface area contributed by atoms with E-state index in [1.54, 1.807) is 13.2 Å². The summed E-state index contributed by atoms with van der Waals surface area (Å²) in [4.78, 5) is 11.9. The number of ether oxygens (including phenoxy) is 1. The summed E-state index contributed by atoms with van der Waals surface area (Å²) in [6.07, 6.45) is 4.53. The Morgan fingerprint density at radius 2 is 1.95 bits per heavy atom. The Morgan fingerprint density at radius 1 is 1.26 bits per heavy atom. The quantitative estimate of drug-likeness (QED) is 0.807. The van der Waals surface area contributed by atoms with E-state index in [-0.39, 0.29) is 6.03 Å². The third-order valence-corrected chi connectivity index (χ3v) is 4.46. The van der Waals surface area contributed by atoms with E-state index in [2.05, 4.69) is 42.5 Å². The molecule has 0 atom stereocenters. The van der Waals surface area contributed by atoms with E-state index in [1.165, 1.54) is 12.8 Å². The fourth-order valence-electron chi connectivity index (χ4n) is 2.20. The highest BCUT2D eigenvalue weighted by Crippen LogP contribution is 2.34. The topological polar surface area (TPSA) is 50.4 Å². The summed E-state index contributed by atoms with van der Waals surface area (Å²) in [5, 5.41) is 5.82. The third-order valence-electron chi connectivity index (χ3n) is 3.18. The molecule has 1 saturated carbocycles. The first-order valence-electron chi connectivity index (χ1n) is 6.20. The lowest BCUT2D eigenvalue weighted by Crippen LogP contribution is -2.36. The van der Waals surface area contributed by atoms with Crippen LogP contribution in [0.1, 0.15) is 25.7 Å². The Hall–Kier alpha value is -0.750. The molecule has 1 aliphatic carbocycles. The van der Waals surface area contributed by atoms with Crippen LogP contribution in [-0.2, 0) is 0 Å². The molecule has 0 aliphatic heterocycles. The maximum Gasteiger partial charge on any atom is 0.319 e. The molecule has 1 aromatic rings. The third kappa shape index (κ3) is 3.86. The van der Waals surface area contributed by atoms with E-state index in [9.17, 15) is 4.79 Å². The van der Waals surface area contributed by atoms with Crippen molar-refractivity contribution in [2.24, 2.45) is 0 Å². The minimum Gasteiger partial charge on any atom is -0.495 e. The van der Waals surface area contributed by atoms with Crippen molar-refractivity contribution in [3.05, 3.63) is 21.1 Å². The summed E-state index contributed by atoms with van der Waals surface area (Å²) in [6.45, 7) is 0. The molecule has 2 rings (SSSR count). The Kier molecular flexibility index (Phi) is 5.10. The van der Waals surface area contributed by atoms with Crippen LogP contribution in [0.5, 0.6) is 5.75 Å². The second kappa shape index (κ2) is 6.61. The summed E-state index contributed by atoms with van der Waals surface area (Å²) < 4.78 is 6.86. The van der Waals surface area contributed by atoms with Crippen molar-refractivity contribution < 1.29 is 9.53 Å². The number of hydrogen-bond donors (Lipinski definition) is 2. The van der Waals surface area contributed by atoms with Gasteiger partial charge in [-0.25, -0.2) is 4.79 Å². The zero-order valence-electron chi connectivity index (χ0n) is 10.6. The molecule has 1 fully saturated rings. The molecule has 2 amide bonds. The van der Waals surface area contributed by atoms with Crippen LogP contribution in [0.25, 0.3) is 0 Å². The number of carbonyl (C=O) groups is 1. The van der Waals surface area contributed by atoms with Gasteiger partial charge in [-0.05, 0) is 50.8 Å². The number of halogens is 2. The Balaban J connectivity index is 2.03. The van der Waals surface area contributed by atoms with E-state index in [0.29, 0.717) is 17.5 Å². The van der Waals surface area contributed by atoms with Crippen molar-refractivity contribution in [1.29, 1.82) is 0 Å². The minimum absolute atomic E-state index is 0.169. The Morgan fingerprint density at radius 3 is 2.58 bits per heavy atom. The van der Waals surface area contributed by atoms with Crippen molar-refractivity contribution in [3.8, 4) is 5.75 Å². The molecule has 1 aromatic carbocycles. The SMILES string of the molecule is COc1cc(NC(=O)NC2CCCC2)c(Br)cc1Br. The second-order valence-electron chi connectivity index (χ2n) is 4.55. The fraction of sp³-hybridized carbons (Fsp3) is 0.462. The molecule has 0 aromatic heterocycles. The van der Waals surface area contributed by atoms with Crippen LogP contribution in [-0.4, -0.2) is 19.2 Å². The fourth-order valence-corrected chi connectivity index (χ4v) is 3.45. The first kappa shape index (κ1) is 14.7. The molecule has 0 saturated heterocycles. The van der Waals surface area contributed by atoms with Gasteiger partial charge in [0.15, 0.2) is 0 Å². The van der Waals surface area contributed by atoms with Crippen LogP contribution >= 0.6 is 31.9 Å². The summed E-state index contributed by atoms with van der Waals surface area (Å²) in [7, 11) is 1.59. The number of benzene rings is 1. The van der Waals surface area contributed by atoms with Gasteiger partial charge in [-0.15, -0.1) is 0 Å². The van der Waals surface area contributed by atoms with Crippen LogP contribution < -0.4 is 15.4 Å². The number of anilines is 1. The maximum absolute atomic E-state index is 11.9. The van der Waals surface area contributed by atoms with Gasteiger partial charge in [0.05, 0.1) is 17.3 Å². The van der Waals surface area contributed by atoms with Gasteiger partial charge in [-0.1, -0.05) is 12.8 Å². The molecule has 104 valence electrons. The van der Waals surface area contributed by atoms with E-state index in [1.807, 2.05) is 6.07 Å². The van der Waals surface area contributed by atoms with Crippen molar-refractivity contribution >= 4 is 43.6 Å². The van der Waals surface area contributed by atoms with Crippen molar-refractivity contribution in [2.75, 3.05) is 12.4 Å².